The monoisotopic (exact) mass is 165 g/mol. The Morgan fingerprint density at radius 2 is 2.25 bits per heavy atom. The van der Waals surface area contributed by atoms with Crippen molar-refractivity contribution in [2.24, 2.45) is 5.92 Å². The summed E-state index contributed by atoms with van der Waals surface area (Å²) in [6.45, 7) is 5.39. The molecule has 0 fully saturated rings. The number of hydrogen-bond acceptors (Lipinski definition) is 1. The van der Waals surface area contributed by atoms with Crippen LogP contribution < -0.4 is 5.32 Å². The van der Waals surface area contributed by atoms with Crippen LogP contribution in [0.1, 0.15) is 26.7 Å². The van der Waals surface area contributed by atoms with Crippen LogP contribution >= 0.6 is 0 Å². The minimum atomic E-state index is 0.621. The Labute approximate surface area is 76.2 Å². The Kier molecular flexibility index (Phi) is 6.51. The lowest BCUT2D eigenvalue weighted by atomic mass is 10.0. The van der Waals surface area contributed by atoms with Crippen LogP contribution in [0.5, 0.6) is 0 Å². The fraction of sp³-hybridized carbons (Fsp3) is 0.636. The fourth-order valence-corrected chi connectivity index (χ4v) is 1.06. The van der Waals surface area contributed by atoms with Crippen LogP contribution in [0.2, 0.25) is 0 Å². The number of nitrogens with one attached hydrogen (secondary N) is 1. The van der Waals surface area contributed by atoms with Gasteiger partial charge in [0, 0.05) is 13.0 Å². The number of rotatable bonds is 5. The molecule has 1 heteroatoms. The normalized spacial score (nSPS) is 11.8. The van der Waals surface area contributed by atoms with E-state index in [2.05, 4.69) is 31.2 Å². The number of unbranched alkanes of at least 4 members (excludes halogenated alkanes) is 1. The van der Waals surface area contributed by atoms with Gasteiger partial charge in [0.2, 0.25) is 0 Å². The van der Waals surface area contributed by atoms with E-state index in [-0.39, 0.29) is 0 Å². The van der Waals surface area contributed by atoms with Crippen molar-refractivity contribution >= 4 is 0 Å². The zero-order valence-corrected chi connectivity index (χ0v) is 8.35. The molecule has 0 saturated heterocycles. The Hall–Kier alpha value is -0.740. The van der Waals surface area contributed by atoms with E-state index in [1.807, 2.05) is 7.05 Å². The average Bonchev–Trinajstić information content (AvgIpc) is 2.03. The van der Waals surface area contributed by atoms with Crippen LogP contribution in [0.15, 0.2) is 11.6 Å². The molecule has 0 bridgehead atoms. The predicted molar refractivity (Wildman–Crippen MR) is 54.9 cm³/mol. The van der Waals surface area contributed by atoms with Gasteiger partial charge in [0.1, 0.15) is 0 Å². The van der Waals surface area contributed by atoms with Crippen LogP contribution in [-0.4, -0.2) is 13.6 Å². The van der Waals surface area contributed by atoms with Gasteiger partial charge in [-0.1, -0.05) is 25.5 Å². The Balaban J connectivity index is 3.92. The van der Waals surface area contributed by atoms with E-state index in [4.69, 9.17) is 6.42 Å². The lowest BCUT2D eigenvalue weighted by Crippen LogP contribution is -2.13. The highest BCUT2D eigenvalue weighted by atomic mass is 14.8. The molecule has 0 radical (unpaired) electrons. The van der Waals surface area contributed by atoms with Crippen molar-refractivity contribution < 1.29 is 0 Å². The van der Waals surface area contributed by atoms with E-state index in [0.717, 1.165) is 19.4 Å². The Morgan fingerprint density at radius 1 is 1.58 bits per heavy atom. The summed E-state index contributed by atoms with van der Waals surface area (Å²) in [4.78, 5) is 0. The zero-order chi connectivity index (χ0) is 9.40. The van der Waals surface area contributed by atoms with Crippen molar-refractivity contribution in [3.05, 3.63) is 11.6 Å². The van der Waals surface area contributed by atoms with Crippen LogP contribution in [-0.2, 0) is 0 Å². The number of allylic oxidation sites excluding steroid dienone is 1. The largest absolute Gasteiger partial charge is 0.316 e. The topological polar surface area (TPSA) is 12.0 Å². The molecule has 68 valence electrons. The number of terminal acetylenes is 1. The van der Waals surface area contributed by atoms with Crippen molar-refractivity contribution in [1.29, 1.82) is 0 Å². The maximum atomic E-state index is 5.17. The molecule has 0 aromatic rings. The van der Waals surface area contributed by atoms with E-state index in [0.29, 0.717) is 5.92 Å². The van der Waals surface area contributed by atoms with Gasteiger partial charge in [-0.05, 0) is 19.4 Å². The summed E-state index contributed by atoms with van der Waals surface area (Å²) in [5.41, 5.74) is 1.45. The van der Waals surface area contributed by atoms with Gasteiger partial charge in [-0.2, -0.15) is 0 Å². The molecule has 0 aliphatic heterocycles. The van der Waals surface area contributed by atoms with E-state index in [9.17, 15) is 0 Å². The third kappa shape index (κ3) is 4.98. The molecule has 0 heterocycles. The zero-order valence-electron chi connectivity index (χ0n) is 8.35. The van der Waals surface area contributed by atoms with E-state index in [1.54, 1.807) is 0 Å². The van der Waals surface area contributed by atoms with E-state index >= 15 is 0 Å². The lowest BCUT2D eigenvalue weighted by Gasteiger charge is -2.10. The Bertz CT molecular complexity index is 172. The highest BCUT2D eigenvalue weighted by molar-refractivity contribution is 5.07. The molecule has 0 aliphatic rings. The lowest BCUT2D eigenvalue weighted by molar-refractivity contribution is 0.699. The maximum absolute atomic E-state index is 5.17. The third-order valence-corrected chi connectivity index (χ3v) is 1.82. The second-order valence-corrected chi connectivity index (χ2v) is 3.21. The van der Waals surface area contributed by atoms with Gasteiger partial charge in [-0.15, -0.1) is 12.3 Å². The molecule has 0 rings (SSSR count). The van der Waals surface area contributed by atoms with Gasteiger partial charge in [-0.3, -0.25) is 0 Å². The van der Waals surface area contributed by atoms with Crippen LogP contribution in [0.4, 0.5) is 0 Å². The van der Waals surface area contributed by atoms with Crippen molar-refractivity contribution in [2.45, 2.75) is 26.7 Å². The predicted octanol–water partition coefficient (Wildman–Crippen LogP) is 2.20. The van der Waals surface area contributed by atoms with Crippen LogP contribution in [0.3, 0.4) is 0 Å². The van der Waals surface area contributed by atoms with Gasteiger partial charge >= 0.3 is 0 Å². The van der Waals surface area contributed by atoms with Gasteiger partial charge in [0.25, 0.3) is 0 Å². The van der Waals surface area contributed by atoms with Gasteiger partial charge < -0.3 is 5.32 Å². The first-order valence-corrected chi connectivity index (χ1v) is 4.49. The first-order valence-electron chi connectivity index (χ1n) is 4.49. The standard InChI is InChI=1S/C11H19N/c1-5-6-7-8-11(9-12-4)10(2)3/h1,8,10,12H,6-7,9H2,2-4H3/b11-8-. The fourth-order valence-electron chi connectivity index (χ4n) is 1.06. The van der Waals surface area contributed by atoms with Gasteiger partial charge in [-0.25, -0.2) is 0 Å². The molecule has 0 aromatic heterocycles. The molecule has 0 atom stereocenters. The number of hydrogen-bond donors (Lipinski definition) is 1. The molecule has 0 amide bonds. The molecule has 0 spiro atoms. The number of likely N-dealkylation sites (N-methyl/N-ethyl adjacent to an activating group) is 1. The average molecular weight is 165 g/mol. The van der Waals surface area contributed by atoms with E-state index < -0.39 is 0 Å². The summed E-state index contributed by atoms with van der Waals surface area (Å²) in [7, 11) is 1.97. The van der Waals surface area contributed by atoms with Crippen molar-refractivity contribution in [2.75, 3.05) is 13.6 Å². The van der Waals surface area contributed by atoms with Crippen molar-refractivity contribution in [3.8, 4) is 12.3 Å². The van der Waals surface area contributed by atoms with Gasteiger partial charge in [0.05, 0.1) is 0 Å². The molecule has 1 N–H and O–H groups in total. The summed E-state index contributed by atoms with van der Waals surface area (Å²) >= 11 is 0. The minimum Gasteiger partial charge on any atom is -0.316 e. The molecular weight excluding hydrogens is 146 g/mol. The molecule has 12 heavy (non-hydrogen) atoms. The van der Waals surface area contributed by atoms with E-state index in [1.165, 1.54) is 5.57 Å². The van der Waals surface area contributed by atoms with Crippen molar-refractivity contribution in [1.82, 2.24) is 5.32 Å². The first kappa shape index (κ1) is 11.3. The smallest absolute Gasteiger partial charge is 0.0164 e. The summed E-state index contributed by atoms with van der Waals surface area (Å²) in [6, 6.07) is 0. The highest BCUT2D eigenvalue weighted by Crippen LogP contribution is 2.09. The molecule has 0 aromatic carbocycles. The molecule has 1 nitrogen and oxygen atoms in total. The third-order valence-electron chi connectivity index (χ3n) is 1.82. The summed E-state index contributed by atoms with van der Waals surface area (Å²) < 4.78 is 0. The van der Waals surface area contributed by atoms with Crippen LogP contribution in [0, 0.1) is 18.3 Å². The Morgan fingerprint density at radius 3 is 2.67 bits per heavy atom. The molecule has 0 aliphatic carbocycles. The maximum Gasteiger partial charge on any atom is 0.0164 e. The summed E-state index contributed by atoms with van der Waals surface area (Å²) in [5.74, 6) is 3.26. The van der Waals surface area contributed by atoms with Crippen LogP contribution in [0.25, 0.3) is 0 Å². The van der Waals surface area contributed by atoms with Gasteiger partial charge in [0.15, 0.2) is 0 Å². The highest BCUT2D eigenvalue weighted by Gasteiger charge is 1.99. The quantitative estimate of drug-likeness (QED) is 0.374. The molecular formula is C11H19N. The second-order valence-electron chi connectivity index (χ2n) is 3.21. The summed E-state index contributed by atoms with van der Waals surface area (Å²) in [5, 5.41) is 3.16. The second kappa shape index (κ2) is 6.94. The first-order chi connectivity index (χ1) is 5.72. The van der Waals surface area contributed by atoms with Crippen molar-refractivity contribution in [3.63, 3.8) is 0 Å². The SMILES string of the molecule is C#CCC/C=C(/CNC)C(C)C. The molecule has 0 unspecified atom stereocenters. The molecule has 0 saturated carbocycles. The summed E-state index contributed by atoms with van der Waals surface area (Å²) in [6.07, 6.45) is 9.27. The minimum absolute atomic E-state index is 0.621.